The first-order valence-corrected chi connectivity index (χ1v) is 32.6. The van der Waals surface area contributed by atoms with Gasteiger partial charge in [-0.2, -0.15) is 0 Å². The van der Waals surface area contributed by atoms with Crippen LogP contribution in [0.25, 0.3) is 0 Å². The molecule has 0 spiro atoms. The second kappa shape index (κ2) is 61.9. The first-order valence-electron chi connectivity index (χ1n) is 32.6. The van der Waals surface area contributed by atoms with Gasteiger partial charge >= 0.3 is 5.97 Å². The maximum absolute atomic E-state index is 12.5. The van der Waals surface area contributed by atoms with E-state index < -0.39 is 12.1 Å². The number of rotatable bonds is 61. The number of aliphatic hydroxyl groups is 2. The number of hydrogen-bond donors (Lipinski definition) is 3. The Kier molecular flexibility index (Phi) is 60.5. The summed E-state index contributed by atoms with van der Waals surface area (Å²) in [5.41, 5.74) is 0. The van der Waals surface area contributed by atoms with Gasteiger partial charge in [-0.05, 0) is 57.8 Å². The number of aliphatic hydroxyl groups excluding tert-OH is 2. The lowest BCUT2D eigenvalue weighted by atomic mass is 10.0. The summed E-state index contributed by atoms with van der Waals surface area (Å²) >= 11 is 0. The van der Waals surface area contributed by atoms with Gasteiger partial charge in [-0.1, -0.05) is 314 Å². The predicted molar refractivity (Wildman–Crippen MR) is 315 cm³/mol. The predicted octanol–water partition coefficient (Wildman–Crippen LogP) is 20.6. The molecule has 0 aliphatic carbocycles. The summed E-state index contributed by atoms with van der Waals surface area (Å²) in [5, 5.41) is 23.3. The van der Waals surface area contributed by atoms with Crippen LogP contribution in [-0.2, 0) is 14.3 Å². The SMILES string of the molecule is CCCCCC/C=C\C/C=C\CCCCCCCCCC(=O)OCCCCCCCCCCCCCCCCCCCCCCCCCCC(=O)NC(CO)C(O)CCCCCCCCCCCCCCC. The summed E-state index contributed by atoms with van der Waals surface area (Å²) in [5.74, 6) is -0.0238. The number of carbonyl (C=O) groups is 2. The Hall–Kier alpha value is -1.66. The van der Waals surface area contributed by atoms with E-state index in [-0.39, 0.29) is 18.5 Å². The summed E-state index contributed by atoms with van der Waals surface area (Å²) in [6.07, 6.45) is 76.3. The van der Waals surface area contributed by atoms with Gasteiger partial charge in [-0.25, -0.2) is 0 Å². The smallest absolute Gasteiger partial charge is 0.305 e. The Morgan fingerprint density at radius 3 is 1.07 bits per heavy atom. The molecule has 2 atom stereocenters. The molecule has 0 saturated heterocycles. The maximum atomic E-state index is 12.5. The number of nitrogens with one attached hydrogen (secondary N) is 1. The van der Waals surface area contributed by atoms with Crippen LogP contribution in [0.3, 0.4) is 0 Å². The van der Waals surface area contributed by atoms with Crippen LogP contribution in [0.5, 0.6) is 0 Å². The third kappa shape index (κ3) is 57.6. The highest BCUT2D eigenvalue weighted by molar-refractivity contribution is 5.76. The third-order valence-corrected chi connectivity index (χ3v) is 15.3. The largest absolute Gasteiger partial charge is 0.466 e. The first-order chi connectivity index (χ1) is 35.5. The molecule has 6 nitrogen and oxygen atoms in total. The molecule has 0 aromatic rings. The highest BCUT2D eigenvalue weighted by Crippen LogP contribution is 2.18. The van der Waals surface area contributed by atoms with Crippen molar-refractivity contribution in [2.24, 2.45) is 0 Å². The van der Waals surface area contributed by atoms with Gasteiger partial charge in [-0.15, -0.1) is 0 Å². The van der Waals surface area contributed by atoms with Gasteiger partial charge in [0.25, 0.3) is 0 Å². The monoisotopic (exact) mass is 1010 g/mol. The topological polar surface area (TPSA) is 95.9 Å². The highest BCUT2D eigenvalue weighted by Gasteiger charge is 2.20. The van der Waals surface area contributed by atoms with Crippen molar-refractivity contribution in [3.8, 4) is 0 Å². The van der Waals surface area contributed by atoms with Gasteiger partial charge in [0, 0.05) is 12.8 Å². The summed E-state index contributed by atoms with van der Waals surface area (Å²) in [6.45, 7) is 4.95. The lowest BCUT2D eigenvalue weighted by Gasteiger charge is -2.22. The van der Waals surface area contributed by atoms with Crippen molar-refractivity contribution < 1.29 is 24.5 Å². The molecule has 6 heteroatoms. The van der Waals surface area contributed by atoms with Gasteiger partial charge in [0.1, 0.15) is 0 Å². The lowest BCUT2D eigenvalue weighted by molar-refractivity contribution is -0.143. The number of unbranched alkanes of at least 4 members (excludes halogenated alkanes) is 46. The molecular formula is C66H127NO5. The van der Waals surface area contributed by atoms with Crippen LogP contribution in [0.15, 0.2) is 24.3 Å². The van der Waals surface area contributed by atoms with Crippen LogP contribution in [-0.4, -0.2) is 47.4 Å². The van der Waals surface area contributed by atoms with Crippen LogP contribution in [0.2, 0.25) is 0 Å². The van der Waals surface area contributed by atoms with E-state index in [1.54, 1.807) is 0 Å². The molecule has 0 bridgehead atoms. The average molecular weight is 1010 g/mol. The number of ether oxygens (including phenoxy) is 1. The maximum Gasteiger partial charge on any atom is 0.305 e. The minimum Gasteiger partial charge on any atom is -0.466 e. The number of amides is 1. The van der Waals surface area contributed by atoms with Crippen molar-refractivity contribution in [3.63, 3.8) is 0 Å². The molecule has 0 radical (unpaired) electrons. The van der Waals surface area contributed by atoms with E-state index in [9.17, 15) is 19.8 Å². The van der Waals surface area contributed by atoms with E-state index in [0.717, 1.165) is 51.4 Å². The fourth-order valence-corrected chi connectivity index (χ4v) is 10.3. The number of esters is 1. The molecule has 0 aliphatic rings. The van der Waals surface area contributed by atoms with E-state index in [1.165, 1.54) is 276 Å². The molecule has 0 saturated carbocycles. The number of hydrogen-bond acceptors (Lipinski definition) is 5. The molecule has 1 amide bonds. The minimum absolute atomic E-state index is 0.00862. The standard InChI is InChI=1S/C66H127NO5/c1-3-5-7-9-11-13-15-17-18-19-29-32-36-40-44-48-52-56-60-66(71)72-61-57-53-49-45-41-37-33-30-27-25-23-21-20-22-24-26-28-31-35-39-43-47-51-55-59-65(70)67-63(62-68)64(69)58-54-50-46-42-38-34-16-14-12-10-8-6-4-2/h13,15,18-19,63-64,68-69H,3-12,14,16-17,20-62H2,1-2H3,(H,67,70)/b15-13-,19-18-. The first kappa shape index (κ1) is 70.3. The van der Waals surface area contributed by atoms with E-state index in [4.69, 9.17) is 4.74 Å². The molecular weight excluding hydrogens is 887 g/mol. The summed E-state index contributed by atoms with van der Waals surface area (Å²) in [7, 11) is 0. The van der Waals surface area contributed by atoms with Crippen molar-refractivity contribution in [3.05, 3.63) is 24.3 Å². The lowest BCUT2D eigenvalue weighted by Crippen LogP contribution is -2.45. The summed E-state index contributed by atoms with van der Waals surface area (Å²) in [4.78, 5) is 24.6. The van der Waals surface area contributed by atoms with Crippen molar-refractivity contribution >= 4 is 11.9 Å². The van der Waals surface area contributed by atoms with Gasteiger partial charge in [-0.3, -0.25) is 9.59 Å². The third-order valence-electron chi connectivity index (χ3n) is 15.3. The zero-order valence-electron chi connectivity index (χ0n) is 48.7. The molecule has 2 unspecified atom stereocenters. The van der Waals surface area contributed by atoms with E-state index in [2.05, 4.69) is 43.5 Å². The summed E-state index contributed by atoms with van der Waals surface area (Å²) in [6, 6.07) is -0.540. The Labute approximate surface area is 450 Å². The van der Waals surface area contributed by atoms with Crippen LogP contribution >= 0.6 is 0 Å². The highest BCUT2D eigenvalue weighted by atomic mass is 16.5. The molecule has 0 fully saturated rings. The van der Waals surface area contributed by atoms with Crippen molar-refractivity contribution in [2.45, 2.75) is 373 Å². The van der Waals surface area contributed by atoms with Crippen molar-refractivity contribution in [1.29, 1.82) is 0 Å². The van der Waals surface area contributed by atoms with Crippen LogP contribution in [0, 0.1) is 0 Å². The van der Waals surface area contributed by atoms with Crippen LogP contribution < -0.4 is 5.32 Å². The van der Waals surface area contributed by atoms with Gasteiger partial charge in [0.2, 0.25) is 5.91 Å². The fourth-order valence-electron chi connectivity index (χ4n) is 10.3. The summed E-state index contributed by atoms with van der Waals surface area (Å²) < 4.78 is 5.50. The van der Waals surface area contributed by atoms with Gasteiger partial charge in [0.15, 0.2) is 0 Å². The van der Waals surface area contributed by atoms with Gasteiger partial charge in [0.05, 0.1) is 25.4 Å². The van der Waals surface area contributed by atoms with Gasteiger partial charge < -0.3 is 20.3 Å². The van der Waals surface area contributed by atoms with Crippen LogP contribution in [0.4, 0.5) is 0 Å². The normalized spacial score (nSPS) is 12.7. The minimum atomic E-state index is -0.662. The molecule has 0 aromatic carbocycles. The number of allylic oxidation sites excluding steroid dienone is 4. The molecule has 3 N–H and O–H groups in total. The second-order valence-electron chi connectivity index (χ2n) is 22.5. The zero-order chi connectivity index (χ0) is 52.2. The zero-order valence-corrected chi connectivity index (χ0v) is 48.7. The quantitative estimate of drug-likeness (QED) is 0.0320. The molecule has 0 aromatic heterocycles. The molecule has 72 heavy (non-hydrogen) atoms. The van der Waals surface area contributed by atoms with Crippen molar-refractivity contribution in [2.75, 3.05) is 13.2 Å². The Bertz CT molecular complexity index is 1120. The second-order valence-corrected chi connectivity index (χ2v) is 22.5. The molecule has 0 heterocycles. The van der Waals surface area contributed by atoms with Crippen molar-refractivity contribution in [1.82, 2.24) is 5.32 Å². The van der Waals surface area contributed by atoms with E-state index in [0.29, 0.717) is 25.9 Å². The Morgan fingerprint density at radius 1 is 0.389 bits per heavy atom. The van der Waals surface area contributed by atoms with E-state index >= 15 is 0 Å². The molecule has 0 aliphatic heterocycles. The van der Waals surface area contributed by atoms with E-state index in [1.807, 2.05) is 0 Å². The van der Waals surface area contributed by atoms with Crippen LogP contribution in [0.1, 0.15) is 361 Å². The Morgan fingerprint density at radius 2 is 0.694 bits per heavy atom. The Balaban J connectivity index is 3.35. The average Bonchev–Trinajstić information content (AvgIpc) is 3.38. The molecule has 426 valence electrons. The molecule has 0 rings (SSSR count). The fraction of sp³-hybridized carbons (Fsp3) is 0.909. The number of carbonyl (C=O) groups excluding carboxylic acids is 2.